The standard InChI is InChI=1S/C17H19FN2O3S2/c1-12(2)20-25(22,23)16-9-5-14(6-10-16)19-17(21)11-24-15-7-3-13(18)4-8-15/h3-10,12,20H,11H2,1-2H3,(H,19,21). The van der Waals surface area contributed by atoms with Crippen LogP contribution in [-0.4, -0.2) is 26.1 Å². The molecule has 0 saturated heterocycles. The van der Waals surface area contributed by atoms with Crippen LogP contribution in [0.1, 0.15) is 13.8 Å². The number of halogens is 1. The van der Waals surface area contributed by atoms with Crippen LogP contribution in [0.25, 0.3) is 0 Å². The first-order chi connectivity index (χ1) is 11.8. The number of carbonyl (C=O) groups excluding carboxylic acids is 1. The van der Waals surface area contributed by atoms with Gasteiger partial charge < -0.3 is 5.32 Å². The molecule has 2 N–H and O–H groups in total. The predicted molar refractivity (Wildman–Crippen MR) is 97.7 cm³/mol. The third-order valence-corrected chi connectivity index (χ3v) is 5.71. The van der Waals surface area contributed by atoms with Crippen molar-refractivity contribution < 1.29 is 17.6 Å². The molecule has 0 fully saturated rings. The van der Waals surface area contributed by atoms with Crippen LogP contribution in [0.3, 0.4) is 0 Å². The minimum Gasteiger partial charge on any atom is -0.325 e. The van der Waals surface area contributed by atoms with Crippen molar-refractivity contribution in [3.63, 3.8) is 0 Å². The highest BCUT2D eigenvalue weighted by Crippen LogP contribution is 2.19. The molecule has 2 rings (SSSR count). The van der Waals surface area contributed by atoms with E-state index in [-0.39, 0.29) is 28.4 Å². The fraction of sp³-hybridized carbons (Fsp3) is 0.235. The molecule has 0 aliphatic heterocycles. The maximum Gasteiger partial charge on any atom is 0.240 e. The van der Waals surface area contributed by atoms with Crippen LogP contribution in [-0.2, 0) is 14.8 Å². The van der Waals surface area contributed by atoms with Crippen LogP contribution in [0.5, 0.6) is 0 Å². The number of rotatable bonds is 7. The van der Waals surface area contributed by atoms with Crippen LogP contribution in [0.15, 0.2) is 58.3 Å². The van der Waals surface area contributed by atoms with Gasteiger partial charge in [0.1, 0.15) is 5.82 Å². The highest BCUT2D eigenvalue weighted by Gasteiger charge is 2.15. The van der Waals surface area contributed by atoms with E-state index in [2.05, 4.69) is 10.0 Å². The summed E-state index contributed by atoms with van der Waals surface area (Å²) in [6, 6.07) is 11.6. The van der Waals surface area contributed by atoms with Crippen molar-refractivity contribution in [1.82, 2.24) is 4.72 Å². The average molecular weight is 382 g/mol. The molecule has 1 amide bonds. The summed E-state index contributed by atoms with van der Waals surface area (Å²) in [4.78, 5) is 12.9. The number of thioether (sulfide) groups is 1. The maximum atomic E-state index is 12.8. The number of hydrogen-bond donors (Lipinski definition) is 2. The van der Waals surface area contributed by atoms with Gasteiger partial charge in [-0.1, -0.05) is 0 Å². The Labute approximate surface area is 151 Å². The summed E-state index contributed by atoms with van der Waals surface area (Å²) < 4.78 is 39.4. The Bertz CT molecular complexity index is 820. The lowest BCUT2D eigenvalue weighted by Crippen LogP contribution is -2.30. The highest BCUT2D eigenvalue weighted by molar-refractivity contribution is 8.00. The summed E-state index contributed by atoms with van der Waals surface area (Å²) in [5.74, 6) is -0.387. The van der Waals surface area contributed by atoms with Gasteiger partial charge in [-0.25, -0.2) is 17.5 Å². The van der Waals surface area contributed by atoms with E-state index in [1.807, 2.05) is 0 Å². The van der Waals surface area contributed by atoms with E-state index in [0.717, 1.165) is 4.90 Å². The van der Waals surface area contributed by atoms with Gasteiger partial charge in [-0.15, -0.1) is 11.8 Å². The van der Waals surface area contributed by atoms with Gasteiger partial charge in [0.2, 0.25) is 15.9 Å². The molecule has 8 heteroatoms. The number of nitrogens with one attached hydrogen (secondary N) is 2. The summed E-state index contributed by atoms with van der Waals surface area (Å²) >= 11 is 1.29. The molecule has 2 aromatic carbocycles. The number of hydrogen-bond acceptors (Lipinski definition) is 4. The largest absolute Gasteiger partial charge is 0.325 e. The Kier molecular flexibility index (Phi) is 6.57. The summed E-state index contributed by atoms with van der Waals surface area (Å²) in [5.41, 5.74) is 0.508. The quantitative estimate of drug-likeness (QED) is 0.721. The zero-order valence-corrected chi connectivity index (χ0v) is 15.5. The van der Waals surface area contributed by atoms with E-state index >= 15 is 0 Å². The SMILES string of the molecule is CC(C)NS(=O)(=O)c1ccc(NC(=O)CSc2ccc(F)cc2)cc1. The van der Waals surface area contributed by atoms with Gasteiger partial charge in [-0.3, -0.25) is 4.79 Å². The van der Waals surface area contributed by atoms with Gasteiger partial charge in [-0.05, 0) is 62.4 Å². The molecule has 0 radical (unpaired) electrons. The van der Waals surface area contributed by atoms with Crippen LogP contribution in [0.2, 0.25) is 0 Å². The van der Waals surface area contributed by atoms with Gasteiger partial charge >= 0.3 is 0 Å². The monoisotopic (exact) mass is 382 g/mol. The normalized spacial score (nSPS) is 11.5. The molecular weight excluding hydrogens is 363 g/mol. The maximum absolute atomic E-state index is 12.8. The minimum atomic E-state index is -3.55. The van der Waals surface area contributed by atoms with E-state index in [0.29, 0.717) is 5.69 Å². The lowest BCUT2D eigenvalue weighted by molar-refractivity contribution is -0.113. The van der Waals surface area contributed by atoms with Crippen molar-refractivity contribution >= 4 is 33.4 Å². The number of sulfonamides is 1. The fourth-order valence-corrected chi connectivity index (χ4v) is 3.92. The Morgan fingerprint density at radius 3 is 2.24 bits per heavy atom. The second-order valence-electron chi connectivity index (χ2n) is 5.59. The number of benzene rings is 2. The molecule has 134 valence electrons. The molecule has 0 unspecified atom stereocenters. The molecule has 0 spiro atoms. The van der Waals surface area contributed by atoms with E-state index in [1.165, 1.54) is 48.2 Å². The smallest absolute Gasteiger partial charge is 0.240 e. The molecule has 0 aliphatic carbocycles. The van der Waals surface area contributed by atoms with E-state index in [9.17, 15) is 17.6 Å². The molecule has 5 nitrogen and oxygen atoms in total. The Morgan fingerprint density at radius 2 is 1.68 bits per heavy atom. The van der Waals surface area contributed by atoms with Crippen molar-refractivity contribution in [3.8, 4) is 0 Å². The molecule has 0 aliphatic rings. The van der Waals surface area contributed by atoms with E-state index in [1.54, 1.807) is 26.0 Å². The highest BCUT2D eigenvalue weighted by atomic mass is 32.2. The molecule has 2 aromatic rings. The lowest BCUT2D eigenvalue weighted by atomic mass is 10.3. The fourth-order valence-electron chi connectivity index (χ4n) is 1.97. The van der Waals surface area contributed by atoms with Gasteiger partial charge in [0, 0.05) is 16.6 Å². The van der Waals surface area contributed by atoms with E-state index in [4.69, 9.17) is 0 Å². The first-order valence-electron chi connectivity index (χ1n) is 7.57. The third-order valence-electron chi connectivity index (χ3n) is 3.02. The second-order valence-corrected chi connectivity index (χ2v) is 8.35. The van der Waals surface area contributed by atoms with Crippen molar-refractivity contribution in [2.45, 2.75) is 29.7 Å². The second kappa shape index (κ2) is 8.46. The third kappa shape index (κ3) is 6.15. The van der Waals surface area contributed by atoms with Gasteiger partial charge in [0.15, 0.2) is 0 Å². The molecule has 0 atom stereocenters. The number of anilines is 1. The van der Waals surface area contributed by atoms with Crippen LogP contribution in [0, 0.1) is 5.82 Å². The Hall–Kier alpha value is -1.90. The number of carbonyl (C=O) groups is 1. The number of amides is 1. The van der Waals surface area contributed by atoms with Crippen LogP contribution >= 0.6 is 11.8 Å². The van der Waals surface area contributed by atoms with Crippen molar-refractivity contribution in [2.24, 2.45) is 0 Å². The van der Waals surface area contributed by atoms with E-state index < -0.39 is 10.0 Å². The van der Waals surface area contributed by atoms with Crippen molar-refractivity contribution in [3.05, 3.63) is 54.3 Å². The summed E-state index contributed by atoms with van der Waals surface area (Å²) in [6.45, 7) is 3.48. The zero-order chi connectivity index (χ0) is 18.4. The van der Waals surface area contributed by atoms with Gasteiger partial charge in [0.25, 0.3) is 0 Å². The van der Waals surface area contributed by atoms with Crippen molar-refractivity contribution in [1.29, 1.82) is 0 Å². The van der Waals surface area contributed by atoms with Gasteiger partial charge in [0.05, 0.1) is 10.6 Å². The van der Waals surface area contributed by atoms with Crippen molar-refractivity contribution in [2.75, 3.05) is 11.1 Å². The van der Waals surface area contributed by atoms with Gasteiger partial charge in [-0.2, -0.15) is 0 Å². The molecule has 0 saturated carbocycles. The summed E-state index contributed by atoms with van der Waals surface area (Å²) in [7, 11) is -3.55. The molecule has 0 bridgehead atoms. The van der Waals surface area contributed by atoms with Crippen LogP contribution < -0.4 is 10.0 Å². The molecule has 25 heavy (non-hydrogen) atoms. The first-order valence-corrected chi connectivity index (χ1v) is 10.0. The first kappa shape index (κ1) is 19.4. The topological polar surface area (TPSA) is 75.3 Å². The average Bonchev–Trinajstić information content (AvgIpc) is 2.54. The zero-order valence-electron chi connectivity index (χ0n) is 13.8. The molecule has 0 aromatic heterocycles. The Morgan fingerprint density at radius 1 is 1.08 bits per heavy atom. The Balaban J connectivity index is 1.92. The summed E-state index contributed by atoms with van der Waals surface area (Å²) in [6.07, 6.45) is 0. The summed E-state index contributed by atoms with van der Waals surface area (Å²) in [5, 5.41) is 2.69. The minimum absolute atomic E-state index is 0.139. The van der Waals surface area contributed by atoms with Crippen LogP contribution in [0.4, 0.5) is 10.1 Å². The predicted octanol–water partition coefficient (Wildman–Crippen LogP) is 3.24. The lowest BCUT2D eigenvalue weighted by Gasteiger charge is -2.10. The molecular formula is C17H19FN2O3S2. The molecule has 0 heterocycles.